The summed E-state index contributed by atoms with van der Waals surface area (Å²) in [6.07, 6.45) is -2.80. The number of rotatable bonds is 4. The third-order valence-electron chi connectivity index (χ3n) is 5.63. The zero-order valence-corrected chi connectivity index (χ0v) is 17.0. The Hall–Kier alpha value is -3.82. The van der Waals surface area contributed by atoms with Gasteiger partial charge in [-0.25, -0.2) is 4.98 Å². The van der Waals surface area contributed by atoms with E-state index in [9.17, 15) is 13.2 Å². The lowest BCUT2D eigenvalue weighted by atomic mass is 10.1. The SMILES string of the molecule is Nc1nccc2c(NCc3ccc(N4CCn5c(nnc5C(F)(F)F)C4)cc3)cccc12. The third-order valence-corrected chi connectivity index (χ3v) is 5.63. The molecule has 0 fully saturated rings. The minimum Gasteiger partial charge on any atom is -0.383 e. The standard InChI is InChI=1S/C22H20F3N7/c23-22(24,25)21-30-29-19-13-31(10-11-32(19)21)15-6-4-14(5-7-15)12-28-18-3-1-2-17-16(18)8-9-27-20(17)26/h1-9,28H,10-13H2,(H2,26,27). The van der Waals surface area contributed by atoms with Crippen molar-refractivity contribution in [1.29, 1.82) is 0 Å². The van der Waals surface area contributed by atoms with E-state index < -0.39 is 12.0 Å². The van der Waals surface area contributed by atoms with E-state index in [1.54, 1.807) is 6.20 Å². The second-order valence-electron chi connectivity index (χ2n) is 7.63. The third kappa shape index (κ3) is 3.68. The van der Waals surface area contributed by atoms with Gasteiger partial charge in [0.25, 0.3) is 0 Å². The highest BCUT2D eigenvalue weighted by Crippen LogP contribution is 2.31. The maximum Gasteiger partial charge on any atom is 0.451 e. The first-order chi connectivity index (χ1) is 15.4. The fourth-order valence-electron chi connectivity index (χ4n) is 3.99. The minimum absolute atomic E-state index is 0.194. The number of nitrogens with two attached hydrogens (primary N) is 1. The van der Waals surface area contributed by atoms with Gasteiger partial charge in [0, 0.05) is 48.0 Å². The molecule has 32 heavy (non-hydrogen) atoms. The second kappa shape index (κ2) is 7.70. The number of halogens is 3. The Balaban J connectivity index is 1.28. The average Bonchev–Trinajstić information content (AvgIpc) is 3.22. The minimum atomic E-state index is -4.49. The average molecular weight is 439 g/mol. The molecule has 0 saturated carbocycles. The Labute approximate surface area is 181 Å². The van der Waals surface area contributed by atoms with E-state index >= 15 is 0 Å². The lowest BCUT2D eigenvalue weighted by molar-refractivity contribution is -0.147. The first-order valence-electron chi connectivity index (χ1n) is 10.1. The molecular formula is C22H20F3N7. The predicted octanol–water partition coefficient (Wildman–Crippen LogP) is 4.06. The summed E-state index contributed by atoms with van der Waals surface area (Å²) in [6.45, 7) is 1.55. The number of aromatic nitrogens is 4. The van der Waals surface area contributed by atoms with Crippen molar-refractivity contribution in [2.24, 2.45) is 0 Å². The molecule has 10 heteroatoms. The Kier molecular flexibility index (Phi) is 4.84. The van der Waals surface area contributed by atoms with Crippen molar-refractivity contribution < 1.29 is 13.2 Å². The molecule has 0 spiro atoms. The molecular weight excluding hydrogens is 419 g/mol. The first-order valence-corrected chi connectivity index (χ1v) is 10.1. The number of nitrogen functional groups attached to an aromatic ring is 1. The van der Waals surface area contributed by atoms with E-state index in [-0.39, 0.29) is 13.1 Å². The molecule has 0 unspecified atom stereocenters. The summed E-state index contributed by atoms with van der Waals surface area (Å²) in [5.41, 5.74) is 8.94. The molecule has 4 aromatic rings. The van der Waals surface area contributed by atoms with Crippen LogP contribution in [0.3, 0.4) is 0 Å². The van der Waals surface area contributed by atoms with Crippen molar-refractivity contribution in [2.45, 2.75) is 25.8 Å². The Morgan fingerprint density at radius 2 is 1.78 bits per heavy atom. The van der Waals surface area contributed by atoms with Crippen LogP contribution < -0.4 is 16.0 Å². The van der Waals surface area contributed by atoms with E-state index in [0.717, 1.165) is 32.3 Å². The van der Waals surface area contributed by atoms with Crippen LogP contribution in [0.4, 0.5) is 30.4 Å². The van der Waals surface area contributed by atoms with Gasteiger partial charge in [-0.1, -0.05) is 24.3 Å². The number of hydrogen-bond acceptors (Lipinski definition) is 6. The fraction of sp³-hybridized carbons (Fsp3) is 0.227. The van der Waals surface area contributed by atoms with Gasteiger partial charge in [0.15, 0.2) is 5.82 Å². The van der Waals surface area contributed by atoms with Gasteiger partial charge in [0.1, 0.15) is 5.82 Å². The number of benzene rings is 2. The molecule has 2 aromatic carbocycles. The summed E-state index contributed by atoms with van der Waals surface area (Å²) in [5.74, 6) is -0.117. The predicted molar refractivity (Wildman–Crippen MR) is 116 cm³/mol. The van der Waals surface area contributed by atoms with Crippen molar-refractivity contribution >= 4 is 28.0 Å². The fourth-order valence-corrected chi connectivity index (χ4v) is 3.99. The zero-order chi connectivity index (χ0) is 22.3. The van der Waals surface area contributed by atoms with Crippen molar-refractivity contribution in [3.05, 3.63) is 71.9 Å². The van der Waals surface area contributed by atoms with E-state index in [0.29, 0.717) is 24.7 Å². The second-order valence-corrected chi connectivity index (χ2v) is 7.63. The normalized spacial score (nSPS) is 13.9. The van der Waals surface area contributed by atoms with Crippen LogP contribution in [0, 0.1) is 0 Å². The van der Waals surface area contributed by atoms with Crippen LogP contribution in [0.15, 0.2) is 54.7 Å². The van der Waals surface area contributed by atoms with Crippen molar-refractivity contribution in [3.63, 3.8) is 0 Å². The van der Waals surface area contributed by atoms with Crippen LogP contribution in [0.5, 0.6) is 0 Å². The number of alkyl halides is 3. The topological polar surface area (TPSA) is 84.9 Å². The van der Waals surface area contributed by atoms with Gasteiger partial charge in [0.2, 0.25) is 5.82 Å². The molecule has 0 saturated heterocycles. The smallest absolute Gasteiger partial charge is 0.383 e. The van der Waals surface area contributed by atoms with Crippen LogP contribution in [0.2, 0.25) is 0 Å². The van der Waals surface area contributed by atoms with E-state index in [1.165, 1.54) is 0 Å². The van der Waals surface area contributed by atoms with Gasteiger partial charge in [-0.2, -0.15) is 13.2 Å². The highest BCUT2D eigenvalue weighted by molar-refractivity contribution is 5.99. The summed E-state index contributed by atoms with van der Waals surface area (Å²) >= 11 is 0. The number of hydrogen-bond donors (Lipinski definition) is 2. The number of nitrogens with zero attached hydrogens (tertiary/aromatic N) is 5. The molecule has 0 amide bonds. The monoisotopic (exact) mass is 439 g/mol. The summed E-state index contributed by atoms with van der Waals surface area (Å²) in [4.78, 5) is 6.13. The van der Waals surface area contributed by atoms with Gasteiger partial charge < -0.3 is 20.5 Å². The van der Waals surface area contributed by atoms with Gasteiger partial charge in [-0.05, 0) is 29.8 Å². The van der Waals surface area contributed by atoms with Gasteiger partial charge in [-0.3, -0.25) is 0 Å². The first kappa shape index (κ1) is 20.1. The van der Waals surface area contributed by atoms with E-state index in [2.05, 4.69) is 20.5 Å². The van der Waals surface area contributed by atoms with Gasteiger partial charge >= 0.3 is 6.18 Å². The zero-order valence-electron chi connectivity index (χ0n) is 17.0. The lowest BCUT2D eigenvalue weighted by Crippen LogP contribution is -2.35. The van der Waals surface area contributed by atoms with Gasteiger partial charge in [0.05, 0.1) is 6.54 Å². The van der Waals surface area contributed by atoms with Gasteiger partial charge in [-0.15, -0.1) is 10.2 Å². The lowest BCUT2D eigenvalue weighted by Gasteiger charge is -2.30. The highest BCUT2D eigenvalue weighted by atomic mass is 19.4. The van der Waals surface area contributed by atoms with Crippen molar-refractivity contribution in [1.82, 2.24) is 19.7 Å². The number of anilines is 3. The summed E-state index contributed by atoms with van der Waals surface area (Å²) in [7, 11) is 0. The quantitative estimate of drug-likeness (QED) is 0.499. The van der Waals surface area contributed by atoms with Crippen LogP contribution in [-0.4, -0.2) is 26.3 Å². The molecule has 0 bridgehead atoms. The summed E-state index contributed by atoms with van der Waals surface area (Å²) < 4.78 is 40.2. The molecule has 2 aromatic heterocycles. The van der Waals surface area contributed by atoms with Crippen LogP contribution in [0.1, 0.15) is 17.2 Å². The maximum atomic E-state index is 13.0. The van der Waals surface area contributed by atoms with Crippen LogP contribution in [0.25, 0.3) is 10.8 Å². The number of fused-ring (bicyclic) bond motifs is 2. The molecule has 7 nitrogen and oxygen atoms in total. The molecule has 0 aliphatic carbocycles. The van der Waals surface area contributed by atoms with Crippen molar-refractivity contribution in [3.8, 4) is 0 Å². The Morgan fingerprint density at radius 3 is 2.56 bits per heavy atom. The van der Waals surface area contributed by atoms with Crippen LogP contribution >= 0.6 is 0 Å². The molecule has 1 aliphatic heterocycles. The van der Waals surface area contributed by atoms with Crippen LogP contribution in [-0.2, 0) is 25.8 Å². The summed E-state index contributed by atoms with van der Waals surface area (Å²) in [6, 6.07) is 15.7. The molecule has 3 N–H and O–H groups in total. The Bertz CT molecular complexity index is 1260. The highest BCUT2D eigenvalue weighted by Gasteiger charge is 2.39. The molecule has 3 heterocycles. The van der Waals surface area contributed by atoms with E-state index in [1.807, 2.05) is 53.4 Å². The largest absolute Gasteiger partial charge is 0.451 e. The maximum absolute atomic E-state index is 13.0. The molecule has 1 aliphatic rings. The summed E-state index contributed by atoms with van der Waals surface area (Å²) in [5, 5.41) is 12.4. The molecule has 0 atom stereocenters. The molecule has 0 radical (unpaired) electrons. The number of pyridine rings is 1. The molecule has 5 rings (SSSR count). The molecule has 164 valence electrons. The number of nitrogens with one attached hydrogen (secondary N) is 1. The van der Waals surface area contributed by atoms with Crippen molar-refractivity contribution in [2.75, 3.05) is 22.5 Å². The van der Waals surface area contributed by atoms with E-state index in [4.69, 9.17) is 5.73 Å². The Morgan fingerprint density at radius 1 is 0.969 bits per heavy atom.